The van der Waals surface area contributed by atoms with Crippen molar-refractivity contribution in [3.05, 3.63) is 17.5 Å². The van der Waals surface area contributed by atoms with Gasteiger partial charge in [0.05, 0.1) is 6.20 Å². The summed E-state index contributed by atoms with van der Waals surface area (Å²) in [4.78, 5) is 0. The van der Waals surface area contributed by atoms with Crippen molar-refractivity contribution in [3.8, 4) is 0 Å². The van der Waals surface area contributed by atoms with E-state index in [9.17, 15) is 0 Å². The number of aryl methyl sites for hydroxylation is 1. The molecule has 0 radical (unpaired) electrons. The molecule has 1 heterocycles. The third-order valence-corrected chi connectivity index (χ3v) is 2.66. The molecule has 0 saturated heterocycles. The van der Waals surface area contributed by atoms with Crippen molar-refractivity contribution < 1.29 is 0 Å². The summed E-state index contributed by atoms with van der Waals surface area (Å²) in [6.45, 7) is 2.26. The van der Waals surface area contributed by atoms with Crippen molar-refractivity contribution in [2.75, 3.05) is 0 Å². The van der Waals surface area contributed by atoms with Crippen molar-refractivity contribution in [1.29, 1.82) is 0 Å². The fraction of sp³-hybridized carbons (Fsp3) is 0.667. The van der Waals surface area contributed by atoms with Gasteiger partial charge in [-0.15, -0.1) is 0 Å². The first-order valence-electron chi connectivity index (χ1n) is 4.44. The summed E-state index contributed by atoms with van der Waals surface area (Å²) in [5.41, 5.74) is 2.85. The van der Waals surface area contributed by atoms with Crippen LogP contribution in [0, 0.1) is 0 Å². The molecule has 0 aromatic carbocycles. The van der Waals surface area contributed by atoms with Gasteiger partial charge in [0.1, 0.15) is 0 Å². The molecule has 0 spiro atoms. The predicted octanol–water partition coefficient (Wildman–Crippen LogP) is 2.24. The van der Waals surface area contributed by atoms with Crippen LogP contribution < -0.4 is 0 Å². The Morgan fingerprint density at radius 1 is 1.73 bits per heavy atom. The van der Waals surface area contributed by atoms with Gasteiger partial charge in [0.15, 0.2) is 0 Å². The molecule has 1 N–H and O–H groups in total. The fourth-order valence-electron chi connectivity index (χ4n) is 1.98. The zero-order valence-electron chi connectivity index (χ0n) is 6.93. The first-order valence-corrected chi connectivity index (χ1v) is 4.44. The lowest BCUT2D eigenvalue weighted by atomic mass is 9.86. The van der Waals surface area contributed by atoms with Crippen molar-refractivity contribution >= 4 is 0 Å². The molecule has 0 fully saturated rings. The fourth-order valence-corrected chi connectivity index (χ4v) is 1.98. The Morgan fingerprint density at radius 3 is 3.45 bits per heavy atom. The van der Waals surface area contributed by atoms with Gasteiger partial charge in [-0.1, -0.05) is 6.92 Å². The van der Waals surface area contributed by atoms with Gasteiger partial charge in [-0.05, 0) is 37.2 Å². The number of aromatic amines is 1. The summed E-state index contributed by atoms with van der Waals surface area (Å²) in [5, 5.41) is 7.15. The van der Waals surface area contributed by atoms with Crippen molar-refractivity contribution in [2.45, 2.75) is 38.5 Å². The van der Waals surface area contributed by atoms with Gasteiger partial charge in [-0.25, -0.2) is 0 Å². The highest BCUT2D eigenvalue weighted by molar-refractivity contribution is 5.23. The van der Waals surface area contributed by atoms with Crippen LogP contribution in [0.15, 0.2) is 6.20 Å². The minimum absolute atomic E-state index is 0.775. The highest BCUT2D eigenvalue weighted by atomic mass is 15.1. The number of fused-ring (bicyclic) bond motifs is 1. The third kappa shape index (κ3) is 1.06. The van der Waals surface area contributed by atoms with E-state index < -0.39 is 0 Å². The summed E-state index contributed by atoms with van der Waals surface area (Å²) in [6.07, 6.45) is 7.14. The first kappa shape index (κ1) is 6.89. The van der Waals surface area contributed by atoms with Crippen LogP contribution in [0.25, 0.3) is 0 Å². The van der Waals surface area contributed by atoms with Gasteiger partial charge in [0, 0.05) is 5.69 Å². The molecule has 1 unspecified atom stereocenters. The Bertz CT molecular complexity index is 239. The van der Waals surface area contributed by atoms with Gasteiger partial charge in [-0.2, -0.15) is 5.10 Å². The van der Waals surface area contributed by atoms with Crippen molar-refractivity contribution in [3.63, 3.8) is 0 Å². The summed E-state index contributed by atoms with van der Waals surface area (Å²) >= 11 is 0. The topological polar surface area (TPSA) is 28.7 Å². The Hall–Kier alpha value is -0.790. The minimum Gasteiger partial charge on any atom is -0.282 e. The van der Waals surface area contributed by atoms with Crippen LogP contribution in [0.4, 0.5) is 0 Å². The lowest BCUT2D eigenvalue weighted by Gasteiger charge is -2.19. The zero-order valence-corrected chi connectivity index (χ0v) is 6.93. The van der Waals surface area contributed by atoms with E-state index in [4.69, 9.17) is 0 Å². The number of rotatable bonds is 1. The second kappa shape index (κ2) is 2.68. The molecule has 0 saturated carbocycles. The number of nitrogens with one attached hydrogen (secondary N) is 1. The van der Waals surface area contributed by atoms with Crippen molar-refractivity contribution in [2.24, 2.45) is 0 Å². The van der Waals surface area contributed by atoms with E-state index >= 15 is 0 Å². The van der Waals surface area contributed by atoms with Crippen LogP contribution in [0.2, 0.25) is 0 Å². The number of hydrogen-bond acceptors (Lipinski definition) is 1. The molecular weight excluding hydrogens is 136 g/mol. The standard InChI is InChI=1S/C9H14N2/c1-2-7-4-3-5-9-8(7)6-10-11-9/h6-7H,2-5H2,1H3,(H,10,11). The maximum absolute atomic E-state index is 4.08. The number of H-pyrrole nitrogens is 1. The molecule has 11 heavy (non-hydrogen) atoms. The SMILES string of the molecule is CCC1CCCc2[nH]ncc21. The molecule has 0 bridgehead atoms. The van der Waals surface area contributed by atoms with E-state index in [1.807, 2.05) is 6.20 Å². The highest BCUT2D eigenvalue weighted by Crippen LogP contribution is 2.31. The molecule has 0 aliphatic heterocycles. The molecule has 60 valence electrons. The van der Waals surface area contributed by atoms with E-state index in [1.165, 1.54) is 36.9 Å². The molecular formula is C9H14N2. The monoisotopic (exact) mass is 150 g/mol. The van der Waals surface area contributed by atoms with Gasteiger partial charge in [0.25, 0.3) is 0 Å². The van der Waals surface area contributed by atoms with E-state index in [2.05, 4.69) is 17.1 Å². The molecule has 1 atom stereocenters. The highest BCUT2D eigenvalue weighted by Gasteiger charge is 2.19. The Balaban J connectivity index is 2.32. The van der Waals surface area contributed by atoms with Gasteiger partial charge in [0.2, 0.25) is 0 Å². The number of hydrogen-bond donors (Lipinski definition) is 1. The maximum Gasteiger partial charge on any atom is 0.0524 e. The second-order valence-electron chi connectivity index (χ2n) is 3.30. The Labute approximate surface area is 67.0 Å². The lowest BCUT2D eigenvalue weighted by molar-refractivity contribution is 0.537. The lowest BCUT2D eigenvalue weighted by Crippen LogP contribution is -2.06. The van der Waals surface area contributed by atoms with Crippen LogP contribution in [-0.4, -0.2) is 10.2 Å². The summed E-state index contributed by atoms with van der Waals surface area (Å²) in [7, 11) is 0. The summed E-state index contributed by atoms with van der Waals surface area (Å²) < 4.78 is 0. The molecule has 1 aromatic rings. The van der Waals surface area contributed by atoms with Crippen LogP contribution in [0.1, 0.15) is 43.4 Å². The van der Waals surface area contributed by atoms with Gasteiger partial charge in [-0.3, -0.25) is 5.10 Å². The molecule has 1 aliphatic carbocycles. The van der Waals surface area contributed by atoms with Crippen molar-refractivity contribution in [1.82, 2.24) is 10.2 Å². The van der Waals surface area contributed by atoms with E-state index in [0.29, 0.717) is 0 Å². The number of nitrogens with zero attached hydrogens (tertiary/aromatic N) is 1. The summed E-state index contributed by atoms with van der Waals surface area (Å²) in [5.74, 6) is 0.775. The molecule has 1 aromatic heterocycles. The smallest absolute Gasteiger partial charge is 0.0524 e. The number of aromatic nitrogens is 2. The average Bonchev–Trinajstić information content (AvgIpc) is 2.50. The molecule has 2 nitrogen and oxygen atoms in total. The second-order valence-corrected chi connectivity index (χ2v) is 3.30. The van der Waals surface area contributed by atoms with Crippen LogP contribution >= 0.6 is 0 Å². The average molecular weight is 150 g/mol. The van der Waals surface area contributed by atoms with Gasteiger partial charge < -0.3 is 0 Å². The predicted molar refractivity (Wildman–Crippen MR) is 44.6 cm³/mol. The Kier molecular flexibility index (Phi) is 1.68. The van der Waals surface area contributed by atoms with Gasteiger partial charge >= 0.3 is 0 Å². The molecule has 0 amide bonds. The van der Waals surface area contributed by atoms with Crippen LogP contribution in [0.5, 0.6) is 0 Å². The van der Waals surface area contributed by atoms with E-state index in [1.54, 1.807) is 0 Å². The zero-order chi connectivity index (χ0) is 7.68. The third-order valence-electron chi connectivity index (χ3n) is 2.66. The quantitative estimate of drug-likeness (QED) is 0.653. The largest absolute Gasteiger partial charge is 0.282 e. The van der Waals surface area contributed by atoms with Crippen LogP contribution in [0.3, 0.4) is 0 Å². The Morgan fingerprint density at radius 2 is 2.64 bits per heavy atom. The van der Waals surface area contributed by atoms with Crippen LogP contribution in [-0.2, 0) is 6.42 Å². The van der Waals surface area contributed by atoms with E-state index in [-0.39, 0.29) is 0 Å². The molecule has 2 rings (SSSR count). The molecule has 2 heteroatoms. The summed E-state index contributed by atoms with van der Waals surface area (Å²) in [6, 6.07) is 0. The molecule has 1 aliphatic rings. The normalized spacial score (nSPS) is 23.2. The maximum atomic E-state index is 4.08. The van der Waals surface area contributed by atoms with E-state index in [0.717, 1.165) is 5.92 Å². The minimum atomic E-state index is 0.775. The first-order chi connectivity index (χ1) is 5.42.